The Morgan fingerprint density at radius 3 is 1.96 bits per heavy atom. The Morgan fingerprint density at radius 2 is 1.40 bits per heavy atom. The first-order valence-electron chi connectivity index (χ1n) is 27.7. The fraction of sp³-hybridized carbons (Fsp3) is 0.764. The quantitative estimate of drug-likeness (QED) is 0.0738. The maximum Gasteiger partial charge on any atom is 0.306 e. The number of methoxy groups -OCH3 is 2. The zero-order valence-corrected chi connectivity index (χ0v) is 48.4. The van der Waals surface area contributed by atoms with Gasteiger partial charge in [0.2, 0.25) is 39.6 Å². The lowest BCUT2D eigenvalue weighted by atomic mass is 9.89. The van der Waals surface area contributed by atoms with E-state index in [1.165, 1.54) is 14.2 Å². The van der Waals surface area contributed by atoms with Crippen molar-refractivity contribution in [2.75, 3.05) is 80.9 Å². The molecule has 6 amide bonds. The summed E-state index contributed by atoms with van der Waals surface area (Å²) >= 11 is 0. The number of piperidine rings is 1. The van der Waals surface area contributed by atoms with E-state index in [2.05, 4.69) is 15.4 Å². The Hall–Kier alpha value is -4.74. The molecule has 0 bridgehead atoms. The van der Waals surface area contributed by atoms with Gasteiger partial charge in [-0.1, -0.05) is 85.2 Å². The summed E-state index contributed by atoms with van der Waals surface area (Å²) in [5.74, 6) is -4.96. The van der Waals surface area contributed by atoms with E-state index < -0.39 is 87.3 Å². The minimum Gasteiger partial charge on any atom is -0.481 e. The predicted molar refractivity (Wildman–Crippen MR) is 290 cm³/mol. The van der Waals surface area contributed by atoms with Gasteiger partial charge in [0, 0.05) is 53.9 Å². The summed E-state index contributed by atoms with van der Waals surface area (Å²) in [6.45, 7) is 16.0. The third-order valence-electron chi connectivity index (χ3n) is 15.6. The number of hydrogen-bond donors (Lipinski definition) is 4. The molecule has 0 radical (unpaired) electrons. The molecule has 436 valence electrons. The number of rotatable bonds is 33. The Balaban J connectivity index is 1.35. The van der Waals surface area contributed by atoms with Gasteiger partial charge in [0.15, 0.2) is 0 Å². The van der Waals surface area contributed by atoms with Crippen molar-refractivity contribution >= 4 is 51.4 Å². The molecular weight excluding hydrogens is 1010 g/mol. The van der Waals surface area contributed by atoms with Crippen LogP contribution in [0.4, 0.5) is 0 Å². The third kappa shape index (κ3) is 19.0. The monoisotopic (exact) mass is 1110 g/mol. The first-order chi connectivity index (χ1) is 36.5. The van der Waals surface area contributed by atoms with Crippen LogP contribution in [-0.2, 0) is 69.0 Å². The summed E-state index contributed by atoms with van der Waals surface area (Å²) in [5, 5.41) is 14.4. The van der Waals surface area contributed by atoms with Gasteiger partial charge in [0.1, 0.15) is 12.1 Å². The van der Waals surface area contributed by atoms with Gasteiger partial charge in [0.25, 0.3) is 5.91 Å². The minimum atomic E-state index is -3.89. The highest BCUT2D eigenvalue weighted by atomic mass is 32.2. The number of carboxylic acids is 1. The molecule has 77 heavy (non-hydrogen) atoms. The molecule has 2 aliphatic heterocycles. The molecule has 1 aromatic carbocycles. The fourth-order valence-corrected chi connectivity index (χ4v) is 12.0. The van der Waals surface area contributed by atoms with Crippen molar-refractivity contribution in [3.8, 4) is 0 Å². The predicted octanol–water partition coefficient (Wildman–Crippen LogP) is 3.09. The number of nitrogens with one attached hydrogen (secondary N) is 3. The number of carbonyl (C=O) groups is 7. The maximum atomic E-state index is 14.7. The normalized spacial score (nSPS) is 19.5. The lowest BCUT2D eigenvalue weighted by Crippen LogP contribution is -2.60. The number of likely N-dealkylation sites (N-methyl/N-ethyl adjacent to an activating group) is 2. The summed E-state index contributed by atoms with van der Waals surface area (Å²) in [7, 11) is 2.60. The summed E-state index contributed by atoms with van der Waals surface area (Å²) in [4.78, 5) is 102. The van der Waals surface area contributed by atoms with Crippen molar-refractivity contribution < 1.29 is 66.0 Å². The summed E-state index contributed by atoms with van der Waals surface area (Å²) < 4.78 is 51.2. The van der Waals surface area contributed by atoms with Crippen molar-refractivity contribution in [2.45, 2.75) is 160 Å². The zero-order valence-electron chi connectivity index (χ0n) is 47.6. The molecule has 1 saturated carbocycles. The van der Waals surface area contributed by atoms with E-state index in [4.69, 9.17) is 18.9 Å². The molecule has 9 unspecified atom stereocenters. The summed E-state index contributed by atoms with van der Waals surface area (Å²) in [5.41, 5.74) is 0.723. The summed E-state index contributed by atoms with van der Waals surface area (Å²) in [6.07, 6.45) is 2.29. The number of amides is 6. The Labute approximate surface area is 457 Å². The molecule has 0 aromatic heterocycles. The maximum absolute atomic E-state index is 14.7. The zero-order chi connectivity index (χ0) is 57.1. The Morgan fingerprint density at radius 1 is 0.766 bits per heavy atom. The molecule has 0 spiro atoms. The fourth-order valence-electron chi connectivity index (χ4n) is 10.7. The topological polar surface area (TPSA) is 260 Å². The lowest BCUT2D eigenvalue weighted by Gasteiger charge is -2.41. The second-order valence-corrected chi connectivity index (χ2v) is 23.9. The van der Waals surface area contributed by atoms with Gasteiger partial charge in [-0.3, -0.25) is 43.2 Å². The van der Waals surface area contributed by atoms with E-state index in [1.54, 1.807) is 52.9 Å². The van der Waals surface area contributed by atoms with Gasteiger partial charge in [-0.25, -0.2) is 8.42 Å². The van der Waals surface area contributed by atoms with Crippen molar-refractivity contribution in [1.82, 2.24) is 35.0 Å². The average Bonchev–Trinajstić information content (AvgIpc) is 4.16. The van der Waals surface area contributed by atoms with E-state index >= 15 is 0 Å². The molecule has 3 aliphatic rings. The number of hydrogen-bond acceptors (Lipinski definition) is 14. The van der Waals surface area contributed by atoms with Crippen LogP contribution in [0, 0.1) is 29.6 Å². The molecule has 21 nitrogen and oxygen atoms in total. The van der Waals surface area contributed by atoms with Gasteiger partial charge in [-0.05, 0) is 68.9 Å². The number of sulfonamides is 1. The van der Waals surface area contributed by atoms with Crippen LogP contribution in [0.3, 0.4) is 0 Å². The molecule has 2 heterocycles. The number of likely N-dealkylation sites (tertiary alicyclic amines) is 2. The van der Waals surface area contributed by atoms with Crippen LogP contribution < -0.4 is 15.4 Å². The number of benzene rings is 1. The molecule has 22 heteroatoms. The van der Waals surface area contributed by atoms with Crippen LogP contribution in [0.5, 0.6) is 0 Å². The van der Waals surface area contributed by atoms with E-state index in [0.717, 1.165) is 5.56 Å². The Kier molecular flexibility index (Phi) is 26.2. The van der Waals surface area contributed by atoms with Crippen molar-refractivity contribution in [3.05, 3.63) is 35.9 Å². The standard InChI is InChI=1S/C55H91N7O14S/c1-12-37(6)49(60(9)54(68)47(35(2)3)57-53(67)48(36(4)5)59(8)28-30-76-32-31-75-29-24-45(63)61-26-22-40(23-27-61)55(69)70)44(73-10)34-46(64)62-25-16-19-43(62)50(74-11)38(7)51(65)56-42(33-39-17-14-13-15-18-39)52(66)58-77(71,72)41-20-21-41/h13-15,17-18,35-38,40-44,47-50H,12,16,19-34H2,1-11H3,(H,56,65)(H,57,67)(H,58,66)(H,69,70). The van der Waals surface area contributed by atoms with Crippen LogP contribution >= 0.6 is 0 Å². The number of carbonyl (C=O) groups excluding carboxylic acids is 6. The molecule has 2 saturated heterocycles. The number of carboxylic acid groups (broad SMARTS) is 1. The average molecular weight is 1110 g/mol. The van der Waals surface area contributed by atoms with E-state index in [-0.39, 0.29) is 80.5 Å². The first kappa shape index (κ1) is 64.8. The first-order valence-corrected chi connectivity index (χ1v) is 29.2. The Bertz CT molecular complexity index is 2190. The highest BCUT2D eigenvalue weighted by Gasteiger charge is 2.44. The highest BCUT2D eigenvalue weighted by Crippen LogP contribution is 2.31. The van der Waals surface area contributed by atoms with Crippen molar-refractivity contribution in [2.24, 2.45) is 29.6 Å². The lowest BCUT2D eigenvalue weighted by molar-refractivity contribution is -0.148. The molecule has 4 rings (SSSR count). The molecule has 1 aromatic rings. The smallest absolute Gasteiger partial charge is 0.306 e. The van der Waals surface area contributed by atoms with Gasteiger partial charge in [0.05, 0.1) is 86.7 Å². The number of ether oxygens (including phenoxy) is 4. The van der Waals surface area contributed by atoms with Crippen LogP contribution in [0.1, 0.15) is 112 Å². The molecule has 1 aliphatic carbocycles. The van der Waals surface area contributed by atoms with E-state index in [9.17, 15) is 47.1 Å². The van der Waals surface area contributed by atoms with Gasteiger partial charge >= 0.3 is 5.97 Å². The van der Waals surface area contributed by atoms with Crippen LogP contribution in [-0.4, -0.2) is 203 Å². The van der Waals surface area contributed by atoms with Crippen molar-refractivity contribution in [3.63, 3.8) is 0 Å². The van der Waals surface area contributed by atoms with Gasteiger partial charge in [-0.2, -0.15) is 0 Å². The highest BCUT2D eigenvalue weighted by molar-refractivity contribution is 7.90. The third-order valence-corrected chi connectivity index (χ3v) is 17.4. The van der Waals surface area contributed by atoms with Crippen LogP contribution in [0.25, 0.3) is 0 Å². The number of aliphatic carboxylic acids is 1. The van der Waals surface area contributed by atoms with E-state index in [0.29, 0.717) is 77.7 Å². The minimum absolute atomic E-state index is 0.0499. The van der Waals surface area contributed by atoms with E-state index in [1.807, 2.05) is 59.6 Å². The van der Waals surface area contributed by atoms with Crippen LogP contribution in [0.15, 0.2) is 30.3 Å². The molecule has 9 atom stereocenters. The van der Waals surface area contributed by atoms with Crippen molar-refractivity contribution in [1.29, 1.82) is 0 Å². The summed E-state index contributed by atoms with van der Waals surface area (Å²) in [6, 6.07) is 5.18. The van der Waals surface area contributed by atoms with Gasteiger partial charge < -0.3 is 49.4 Å². The largest absolute Gasteiger partial charge is 0.481 e. The van der Waals surface area contributed by atoms with Crippen LogP contribution in [0.2, 0.25) is 0 Å². The second kappa shape index (κ2) is 31.2. The molecular formula is C55H91N7O14S. The number of nitrogens with zero attached hydrogens (tertiary/aromatic N) is 4. The second-order valence-electron chi connectivity index (χ2n) is 21.9. The SMILES string of the molecule is CCC(C)C(C(CC(=O)N1CCCC1C(OC)C(C)C(=O)NC(Cc1ccccc1)C(=O)NS(=O)(=O)C1CC1)OC)N(C)C(=O)C(NC(=O)C(C(C)C)N(C)CCOCCOCCC(=O)N1CCC(C(=O)O)CC1)C(C)C. The molecule has 4 N–H and O–H groups in total. The molecule has 3 fully saturated rings. The van der Waals surface area contributed by atoms with Gasteiger partial charge in [-0.15, -0.1) is 0 Å².